The number of urea groups is 1. The summed E-state index contributed by atoms with van der Waals surface area (Å²) in [5.74, 6) is -0.604. The van der Waals surface area contributed by atoms with E-state index in [1.54, 1.807) is 27.3 Å². The molecule has 0 fully saturated rings. The van der Waals surface area contributed by atoms with E-state index in [-0.39, 0.29) is 17.6 Å². The molecule has 51 heavy (non-hydrogen) atoms. The number of fused-ring (bicyclic) bond motifs is 1. The molecule has 3 rings (SSSR count). The Hall–Kier alpha value is -4.05. The van der Waals surface area contributed by atoms with Crippen LogP contribution in [0.2, 0.25) is 0 Å². The standard InChI is InChI=1S/C32H51N9O4.C4H10O2/c1-31(2,3)23-10-12-24(13-11-23)39-29(42)34-16-19-40(17-9-8-15-35-30(43)45-32(4,5)6)20-25(44-7)14-18-41-22-38-26-27(33)36-21-37-28(26)41;1-4(2,5)6-3/h10-13,21-22,25H,8-9,14-20H2,1-7H3,(H,35,43)(H2,33,36,37)(H2,34,39,42);5H,1-3H3. The molecule has 15 heteroatoms. The van der Waals surface area contributed by atoms with Crippen LogP contribution >= 0.6 is 0 Å². The number of carbonyl (C=O) groups is 2. The number of unbranched alkanes of at least 4 members (excludes halogenated alkanes) is 1. The van der Waals surface area contributed by atoms with Crippen LogP contribution in [-0.2, 0) is 26.2 Å². The van der Waals surface area contributed by atoms with Crippen LogP contribution in [0.5, 0.6) is 0 Å². The maximum atomic E-state index is 12.6. The smallest absolute Gasteiger partial charge is 0.407 e. The zero-order chi connectivity index (χ0) is 38.2. The maximum Gasteiger partial charge on any atom is 0.407 e. The SMILES string of the molecule is COC(C)(C)O.COC(CCn1cnc2c(N)ncnc21)CN(CCCCNC(=O)OC(C)(C)C)CCNC(=O)Nc1ccc(C(C)(C)C)cc1. The van der Waals surface area contributed by atoms with Crippen LogP contribution in [-0.4, -0.2) is 106 Å². The van der Waals surface area contributed by atoms with Gasteiger partial charge in [-0.3, -0.25) is 4.90 Å². The van der Waals surface area contributed by atoms with Gasteiger partial charge < -0.3 is 45.6 Å². The van der Waals surface area contributed by atoms with E-state index in [9.17, 15) is 9.59 Å². The Morgan fingerprint density at radius 3 is 2.20 bits per heavy atom. The van der Waals surface area contributed by atoms with Gasteiger partial charge in [0.05, 0.1) is 12.4 Å². The number of carbonyl (C=O) groups excluding carboxylic acids is 2. The zero-order valence-corrected chi connectivity index (χ0v) is 32.2. The number of ether oxygens (including phenoxy) is 3. The summed E-state index contributed by atoms with van der Waals surface area (Å²) >= 11 is 0. The molecule has 1 aromatic carbocycles. The number of aliphatic hydroxyl groups is 1. The number of rotatable bonds is 16. The number of aromatic nitrogens is 4. The molecule has 0 aliphatic heterocycles. The molecule has 3 aromatic rings. The van der Waals surface area contributed by atoms with E-state index in [0.717, 1.165) is 31.5 Å². The molecule has 0 saturated carbocycles. The summed E-state index contributed by atoms with van der Waals surface area (Å²) in [6, 6.07) is 7.66. The number of aryl methyl sites for hydroxylation is 1. The average Bonchev–Trinajstić information content (AvgIpc) is 3.45. The summed E-state index contributed by atoms with van der Waals surface area (Å²) in [4.78, 5) is 39.6. The monoisotopic (exact) mass is 715 g/mol. The topological polar surface area (TPSA) is 191 Å². The first-order chi connectivity index (χ1) is 23.8. The van der Waals surface area contributed by atoms with Crippen molar-refractivity contribution in [3.8, 4) is 0 Å². The minimum atomic E-state index is -0.958. The van der Waals surface area contributed by atoms with E-state index in [4.69, 9.17) is 20.3 Å². The fourth-order valence-corrected chi connectivity index (χ4v) is 4.73. The molecule has 1 unspecified atom stereocenters. The third-order valence-corrected chi connectivity index (χ3v) is 7.71. The lowest BCUT2D eigenvalue weighted by atomic mass is 9.87. The average molecular weight is 716 g/mol. The minimum Gasteiger partial charge on any atom is -0.444 e. The van der Waals surface area contributed by atoms with Gasteiger partial charge in [-0.25, -0.2) is 24.5 Å². The molecule has 2 aromatic heterocycles. The quantitative estimate of drug-likeness (QED) is 0.100. The van der Waals surface area contributed by atoms with E-state index in [1.165, 1.54) is 19.0 Å². The molecule has 0 aliphatic carbocycles. The van der Waals surface area contributed by atoms with Gasteiger partial charge in [0, 0.05) is 52.6 Å². The van der Waals surface area contributed by atoms with Crippen molar-refractivity contribution in [2.75, 3.05) is 58.0 Å². The second kappa shape index (κ2) is 20.1. The van der Waals surface area contributed by atoms with Crippen molar-refractivity contribution in [1.82, 2.24) is 35.1 Å². The number of imidazole rings is 1. The third kappa shape index (κ3) is 17.1. The summed E-state index contributed by atoms with van der Waals surface area (Å²) < 4.78 is 17.6. The first kappa shape index (κ1) is 43.1. The van der Waals surface area contributed by atoms with Crippen LogP contribution in [0, 0.1) is 0 Å². The van der Waals surface area contributed by atoms with E-state index in [0.29, 0.717) is 49.7 Å². The number of hydrogen-bond acceptors (Lipinski definition) is 11. The second-order valence-electron chi connectivity index (χ2n) is 14.8. The largest absolute Gasteiger partial charge is 0.444 e. The molecule has 286 valence electrons. The highest BCUT2D eigenvalue weighted by Crippen LogP contribution is 2.23. The number of alkyl carbamates (subject to hydrolysis) is 1. The van der Waals surface area contributed by atoms with Gasteiger partial charge in [-0.2, -0.15) is 0 Å². The summed E-state index contributed by atoms with van der Waals surface area (Å²) in [6.07, 6.45) is 5.03. The molecule has 0 bridgehead atoms. The summed E-state index contributed by atoms with van der Waals surface area (Å²) in [6.45, 7) is 18.8. The van der Waals surface area contributed by atoms with Crippen molar-refractivity contribution in [3.63, 3.8) is 0 Å². The maximum absolute atomic E-state index is 12.6. The molecular weight excluding hydrogens is 654 g/mol. The molecule has 0 spiro atoms. The molecule has 0 saturated heterocycles. The number of methoxy groups -OCH3 is 2. The fraction of sp³-hybridized carbons (Fsp3) is 0.639. The molecule has 15 nitrogen and oxygen atoms in total. The van der Waals surface area contributed by atoms with Gasteiger partial charge in [0.2, 0.25) is 0 Å². The van der Waals surface area contributed by atoms with E-state index in [1.807, 2.05) is 49.6 Å². The van der Waals surface area contributed by atoms with Gasteiger partial charge in [-0.15, -0.1) is 0 Å². The molecule has 0 radical (unpaired) electrons. The van der Waals surface area contributed by atoms with Gasteiger partial charge in [0.15, 0.2) is 17.3 Å². The predicted octanol–water partition coefficient (Wildman–Crippen LogP) is 4.90. The molecule has 6 N–H and O–H groups in total. The number of benzene rings is 1. The number of hydrogen-bond donors (Lipinski definition) is 5. The van der Waals surface area contributed by atoms with Gasteiger partial charge >= 0.3 is 12.1 Å². The van der Waals surface area contributed by atoms with E-state index < -0.39 is 17.5 Å². The Kier molecular flexibility index (Phi) is 17.0. The Morgan fingerprint density at radius 2 is 1.61 bits per heavy atom. The van der Waals surface area contributed by atoms with Crippen molar-refractivity contribution in [2.45, 2.75) is 104 Å². The number of amides is 3. The fourth-order valence-electron chi connectivity index (χ4n) is 4.73. The van der Waals surface area contributed by atoms with Crippen molar-refractivity contribution >= 4 is 34.8 Å². The van der Waals surface area contributed by atoms with E-state index in [2.05, 4.69) is 61.3 Å². The Balaban J connectivity index is 0.00000138. The number of nitrogen functional groups attached to an aromatic ring is 1. The predicted molar refractivity (Wildman–Crippen MR) is 201 cm³/mol. The number of nitrogens with one attached hydrogen (secondary N) is 3. The van der Waals surface area contributed by atoms with Crippen molar-refractivity contribution < 1.29 is 28.9 Å². The minimum absolute atomic E-state index is 0.0467. The highest BCUT2D eigenvalue weighted by Gasteiger charge is 2.18. The zero-order valence-electron chi connectivity index (χ0n) is 32.2. The Bertz CT molecular complexity index is 1480. The van der Waals surface area contributed by atoms with Crippen LogP contribution in [0.15, 0.2) is 36.9 Å². The summed E-state index contributed by atoms with van der Waals surface area (Å²) in [5.41, 5.74) is 8.68. The molecule has 3 amide bonds. The van der Waals surface area contributed by atoms with Crippen molar-refractivity contribution in [1.29, 1.82) is 0 Å². The summed E-state index contributed by atoms with van der Waals surface area (Å²) in [5, 5.41) is 17.3. The Labute approximate surface area is 303 Å². The normalized spacial score (nSPS) is 12.6. The van der Waals surface area contributed by atoms with Gasteiger partial charge in [-0.05, 0) is 83.5 Å². The second-order valence-corrected chi connectivity index (χ2v) is 14.8. The van der Waals surface area contributed by atoms with Crippen LogP contribution in [0.3, 0.4) is 0 Å². The number of nitrogens with two attached hydrogens (primary N) is 1. The lowest BCUT2D eigenvalue weighted by Gasteiger charge is -2.27. The number of nitrogens with zero attached hydrogens (tertiary/aromatic N) is 5. The van der Waals surface area contributed by atoms with E-state index >= 15 is 0 Å². The molecule has 1 atom stereocenters. The highest BCUT2D eigenvalue weighted by atomic mass is 16.6. The number of anilines is 2. The van der Waals surface area contributed by atoms with Gasteiger partial charge in [0.1, 0.15) is 17.4 Å². The van der Waals surface area contributed by atoms with Crippen LogP contribution in [0.1, 0.15) is 80.2 Å². The lowest BCUT2D eigenvalue weighted by Crippen LogP contribution is -2.41. The Morgan fingerprint density at radius 1 is 0.941 bits per heavy atom. The van der Waals surface area contributed by atoms with Gasteiger partial charge in [-0.1, -0.05) is 32.9 Å². The first-order valence-corrected chi connectivity index (χ1v) is 17.4. The van der Waals surface area contributed by atoms with Crippen LogP contribution < -0.4 is 21.7 Å². The van der Waals surface area contributed by atoms with Crippen molar-refractivity contribution in [2.24, 2.45) is 0 Å². The first-order valence-electron chi connectivity index (χ1n) is 17.4. The third-order valence-electron chi connectivity index (χ3n) is 7.71. The van der Waals surface area contributed by atoms with Crippen LogP contribution in [0.4, 0.5) is 21.1 Å². The lowest BCUT2D eigenvalue weighted by molar-refractivity contribution is -0.155. The van der Waals surface area contributed by atoms with Gasteiger partial charge in [0.25, 0.3) is 0 Å². The molecule has 2 heterocycles. The highest BCUT2D eigenvalue weighted by molar-refractivity contribution is 5.89. The molecular formula is C36H61N9O6. The summed E-state index contributed by atoms with van der Waals surface area (Å²) in [7, 11) is 3.16. The van der Waals surface area contributed by atoms with Crippen LogP contribution in [0.25, 0.3) is 11.2 Å². The van der Waals surface area contributed by atoms with Crippen molar-refractivity contribution in [3.05, 3.63) is 42.5 Å². The molecule has 0 aliphatic rings.